The number of amides is 2. The molecule has 2 aliphatic rings. The van der Waals surface area contributed by atoms with E-state index < -0.39 is 39.9 Å². The standard InChI is InChI=1S/C20H23Cl2F3N4O3.C20H21Cl2F3N4O3.CH5P/c2*1-11-18(22)19(20(23,24)25)26-29(11)10-17(31)28-6-4-27(5-7-28)15-9-16(32-3)14(21)8-13(15)12(2)30;1-2/h8-9,12,30H,4-7,10H2,1-3H3;8-9H,4-7,10H2,1-3H3;2H2,1H3/i;;2D. The summed E-state index contributed by atoms with van der Waals surface area (Å²) in [4.78, 5) is 44.5. The van der Waals surface area contributed by atoms with Crippen LogP contribution < -0.4 is 19.3 Å². The van der Waals surface area contributed by atoms with Crippen LogP contribution in [0, 0.1) is 13.8 Å². The maximum Gasteiger partial charge on any atom is 0.436 e. The van der Waals surface area contributed by atoms with Crippen molar-refractivity contribution < 1.29 is 55.3 Å². The molecule has 2 aliphatic heterocycles. The topological polar surface area (TPSA) is 138 Å². The van der Waals surface area contributed by atoms with Crippen LogP contribution in [0.2, 0.25) is 20.1 Å². The first-order valence-corrected chi connectivity index (χ1v) is 22.5. The number of hydrogen-bond acceptors (Lipinski definition) is 10. The fourth-order valence-electron chi connectivity index (χ4n) is 7.13. The lowest BCUT2D eigenvalue weighted by Crippen LogP contribution is -2.50. The maximum absolute atomic E-state index is 13.0. The molecule has 0 radical (unpaired) electrons. The minimum absolute atomic E-state index is 0.0744. The number of benzene rings is 2. The van der Waals surface area contributed by atoms with Crippen LogP contribution in [0.25, 0.3) is 0 Å². The smallest absolute Gasteiger partial charge is 0.436 e. The summed E-state index contributed by atoms with van der Waals surface area (Å²) in [5.41, 5.74) is 0.230. The molecule has 2 aromatic heterocycles. The summed E-state index contributed by atoms with van der Waals surface area (Å²) < 4.78 is 96.8. The third-order valence-electron chi connectivity index (χ3n) is 10.7. The second-order valence-electron chi connectivity index (χ2n) is 14.8. The van der Waals surface area contributed by atoms with E-state index in [4.69, 9.17) is 57.2 Å². The van der Waals surface area contributed by atoms with Crippen molar-refractivity contribution in [2.75, 3.05) is 83.0 Å². The summed E-state index contributed by atoms with van der Waals surface area (Å²) in [5.74, 6) is 0.00789. The molecule has 0 spiro atoms. The van der Waals surface area contributed by atoms with E-state index in [9.17, 15) is 45.8 Å². The second kappa shape index (κ2) is 22.7. The average Bonchev–Trinajstić information content (AvgIpc) is 3.72. The predicted molar refractivity (Wildman–Crippen MR) is 244 cm³/mol. The Morgan fingerprint density at radius 1 is 0.727 bits per heavy atom. The Bertz CT molecular complexity index is 2410. The molecular formula is C41H49Cl4F6N8O6P. The first-order valence-electron chi connectivity index (χ1n) is 20.5. The van der Waals surface area contributed by atoms with E-state index in [0.717, 1.165) is 15.1 Å². The predicted octanol–water partition coefficient (Wildman–Crippen LogP) is 8.50. The highest BCUT2D eigenvalue weighted by Crippen LogP contribution is 2.39. The van der Waals surface area contributed by atoms with Gasteiger partial charge < -0.3 is 34.2 Å². The number of aromatic nitrogens is 4. The van der Waals surface area contributed by atoms with Crippen LogP contribution >= 0.6 is 55.6 Å². The van der Waals surface area contributed by atoms with Crippen molar-refractivity contribution in [2.45, 2.75) is 59.2 Å². The van der Waals surface area contributed by atoms with Crippen LogP contribution in [0.5, 0.6) is 11.5 Å². The van der Waals surface area contributed by atoms with E-state index in [0.29, 0.717) is 99.9 Å². The highest BCUT2D eigenvalue weighted by atomic mass is 35.5. The van der Waals surface area contributed by atoms with Gasteiger partial charge in [0.05, 0.1) is 58.8 Å². The molecule has 4 heterocycles. The Labute approximate surface area is 401 Å². The Morgan fingerprint density at radius 3 is 1.42 bits per heavy atom. The average molecular weight is 1040 g/mol. The van der Waals surface area contributed by atoms with Crippen LogP contribution in [0.1, 0.15) is 58.6 Å². The Kier molecular flexibility index (Phi) is 18.2. The van der Waals surface area contributed by atoms with Crippen molar-refractivity contribution in [3.8, 4) is 11.5 Å². The number of ketones is 1. The minimum atomic E-state index is -4.70. The number of alkyl halides is 6. The zero-order chi connectivity index (χ0) is 50.3. The number of Topliss-reactive ketones (excluding diaryl/α,β-unsaturated/α-hetero) is 1. The molecule has 25 heteroatoms. The highest BCUT2D eigenvalue weighted by Gasteiger charge is 2.40. The molecule has 66 heavy (non-hydrogen) atoms. The van der Waals surface area contributed by atoms with Gasteiger partial charge in [0.15, 0.2) is 17.2 Å². The lowest BCUT2D eigenvalue weighted by atomic mass is 10.1. The van der Waals surface area contributed by atoms with Crippen molar-refractivity contribution in [1.82, 2.24) is 29.4 Å². The number of carbonyl (C=O) groups excluding carboxylic acids is 3. The molecule has 2 atom stereocenters. The molecule has 2 unspecified atom stereocenters. The molecule has 2 fully saturated rings. The summed E-state index contributed by atoms with van der Waals surface area (Å²) in [5, 5.41) is 16.8. The first-order chi connectivity index (χ1) is 31.3. The van der Waals surface area contributed by atoms with Gasteiger partial charge in [0.2, 0.25) is 11.8 Å². The maximum atomic E-state index is 13.0. The van der Waals surface area contributed by atoms with Gasteiger partial charge >= 0.3 is 12.4 Å². The third kappa shape index (κ3) is 12.7. The zero-order valence-corrected chi connectivity index (χ0v) is 40.8. The fourth-order valence-corrected chi connectivity index (χ4v) is 8.11. The summed E-state index contributed by atoms with van der Waals surface area (Å²) in [6, 6.07) is 6.64. The fraction of sp³-hybridized carbons (Fsp3) is 0.488. The van der Waals surface area contributed by atoms with Crippen LogP contribution in [0.3, 0.4) is 0 Å². The van der Waals surface area contributed by atoms with Crippen molar-refractivity contribution in [1.29, 1.82) is 1.28 Å². The second-order valence-corrected chi connectivity index (χ2v) is 16.4. The number of piperazine rings is 2. The molecule has 364 valence electrons. The molecule has 0 aliphatic carbocycles. The number of aliphatic hydroxyl groups is 1. The number of methoxy groups -OCH3 is 2. The number of aliphatic hydroxyl groups excluding tert-OH is 1. The quantitative estimate of drug-likeness (QED) is 0.0936. The van der Waals surface area contributed by atoms with Crippen LogP contribution in [-0.4, -0.2) is 127 Å². The van der Waals surface area contributed by atoms with Gasteiger partial charge in [-0.05, 0) is 39.8 Å². The summed E-state index contributed by atoms with van der Waals surface area (Å²) in [7, 11) is 3.31. The highest BCUT2D eigenvalue weighted by molar-refractivity contribution is 7.15. The summed E-state index contributed by atoms with van der Waals surface area (Å²) in [6.45, 7) is 10.1. The number of anilines is 2. The summed E-state index contributed by atoms with van der Waals surface area (Å²) in [6.07, 6.45) is -10.2. The molecule has 2 amide bonds. The van der Waals surface area contributed by atoms with Gasteiger partial charge in [0, 0.05) is 81.3 Å². The van der Waals surface area contributed by atoms with Gasteiger partial charge in [-0.1, -0.05) is 53.1 Å². The Balaban J connectivity index is 0.000000276. The number of nitrogens with zero attached hydrogens (tertiary/aromatic N) is 8. The monoisotopic (exact) mass is 1040 g/mol. The van der Waals surface area contributed by atoms with E-state index in [2.05, 4.69) is 10.2 Å². The van der Waals surface area contributed by atoms with Gasteiger partial charge in [0.25, 0.3) is 0 Å². The van der Waals surface area contributed by atoms with Crippen LogP contribution in [0.4, 0.5) is 37.7 Å². The van der Waals surface area contributed by atoms with Crippen molar-refractivity contribution in [2.24, 2.45) is 0 Å². The zero-order valence-electron chi connectivity index (χ0n) is 37.8. The van der Waals surface area contributed by atoms with E-state index in [1.54, 1.807) is 41.0 Å². The van der Waals surface area contributed by atoms with E-state index in [1.165, 1.54) is 35.0 Å². The van der Waals surface area contributed by atoms with Crippen molar-refractivity contribution in [3.63, 3.8) is 0 Å². The number of hydrogen-bond donors (Lipinski definition) is 1. The largest absolute Gasteiger partial charge is 0.495 e. The number of ether oxygens (including phenoxy) is 2. The number of carbonyl (C=O) groups is 3. The molecule has 0 bridgehead atoms. The van der Waals surface area contributed by atoms with Gasteiger partial charge in [-0.2, -0.15) is 36.5 Å². The number of halogens is 10. The van der Waals surface area contributed by atoms with E-state index >= 15 is 0 Å². The van der Waals surface area contributed by atoms with Crippen molar-refractivity contribution in [3.05, 3.63) is 78.3 Å². The molecular weight excluding hydrogens is 987 g/mol. The van der Waals surface area contributed by atoms with Gasteiger partial charge in [-0.25, -0.2) is 0 Å². The number of rotatable bonds is 10. The van der Waals surface area contributed by atoms with Crippen LogP contribution in [0.15, 0.2) is 24.3 Å². The Morgan fingerprint density at radius 2 is 1.09 bits per heavy atom. The molecule has 14 nitrogen and oxygen atoms in total. The Hall–Kier alpha value is -4.20. The molecule has 2 saturated heterocycles. The van der Waals surface area contributed by atoms with Gasteiger partial charge in [-0.15, -0.1) is 9.18 Å². The lowest BCUT2D eigenvalue weighted by molar-refractivity contribution is -0.142. The third-order valence-corrected chi connectivity index (χ3v) is 12.2. The SMILES string of the molecule is COc1cc(N2CCN(C(=O)Cn3nc(C(F)(F)F)c(Cl)c3C)CC2)c(C(C)=O)cc1Cl.COc1cc(N2CCN(C(=O)Cn3nc(C(F)(F)F)c(Cl)c3C)CC2)c(C(C)O)cc1Cl.[2H]PC. The van der Waals surface area contributed by atoms with Gasteiger partial charge in [-0.3, -0.25) is 23.7 Å². The molecule has 0 saturated carbocycles. The van der Waals surface area contributed by atoms with Crippen molar-refractivity contribution >= 4 is 84.6 Å². The molecule has 1 N–H and O–H groups in total. The van der Waals surface area contributed by atoms with E-state index in [-0.39, 0.29) is 42.1 Å². The molecule has 6 rings (SSSR count). The minimum Gasteiger partial charge on any atom is -0.495 e. The normalized spacial score (nSPS) is 15.2. The van der Waals surface area contributed by atoms with Crippen LogP contribution in [-0.2, 0) is 35.0 Å². The molecule has 4 aromatic rings. The lowest BCUT2D eigenvalue weighted by Gasteiger charge is -2.37. The molecule has 2 aromatic carbocycles. The van der Waals surface area contributed by atoms with E-state index in [1.807, 2.05) is 16.5 Å². The first kappa shape index (κ1) is 52.8. The van der Waals surface area contributed by atoms with Gasteiger partial charge in [0.1, 0.15) is 24.6 Å². The summed E-state index contributed by atoms with van der Waals surface area (Å²) >= 11 is 23.8.